The van der Waals surface area contributed by atoms with Crippen molar-refractivity contribution in [1.82, 2.24) is 9.55 Å². The van der Waals surface area contributed by atoms with E-state index in [9.17, 15) is 0 Å². The Morgan fingerprint density at radius 1 is 1.35 bits per heavy atom. The topological polar surface area (TPSA) is 34.8 Å². The number of rotatable bonds is 0. The van der Waals surface area contributed by atoms with Gasteiger partial charge in [-0.05, 0) is 18.2 Å². The zero-order chi connectivity index (χ0) is 15.8. The first kappa shape index (κ1) is 7.85. The minimum atomic E-state index is -2.28. The SMILES string of the molecule is [2H]C([2H])([2H])n1c2ccccc2c2oc3[n+](c21)Cc1ccncc1-3. The fraction of sp³-hybridized carbons (Fsp3) is 0.125. The molecule has 0 saturated carbocycles. The summed E-state index contributed by atoms with van der Waals surface area (Å²) in [7, 11) is 0. The van der Waals surface area contributed by atoms with Crippen LogP contribution in [-0.2, 0) is 13.5 Å². The molecule has 0 atom stereocenters. The first-order valence-corrected chi connectivity index (χ1v) is 6.45. The normalized spacial score (nSPS) is 15.9. The van der Waals surface area contributed by atoms with Gasteiger partial charge in [-0.25, -0.2) is 4.57 Å². The largest absolute Gasteiger partial charge is 0.413 e. The predicted molar refractivity (Wildman–Crippen MR) is 75.2 cm³/mol. The van der Waals surface area contributed by atoms with Gasteiger partial charge >= 0.3 is 5.65 Å². The average molecular weight is 265 g/mol. The van der Waals surface area contributed by atoms with Gasteiger partial charge in [-0.15, -0.1) is 0 Å². The van der Waals surface area contributed by atoms with Gasteiger partial charge in [-0.1, -0.05) is 12.1 Å². The van der Waals surface area contributed by atoms with Crippen molar-refractivity contribution in [2.45, 2.75) is 6.54 Å². The molecule has 20 heavy (non-hydrogen) atoms. The quantitative estimate of drug-likeness (QED) is 0.403. The zero-order valence-electron chi connectivity index (χ0n) is 13.5. The van der Waals surface area contributed by atoms with Gasteiger partial charge in [0.2, 0.25) is 5.58 Å². The van der Waals surface area contributed by atoms with Crippen molar-refractivity contribution < 1.29 is 13.1 Å². The first-order chi connectivity index (χ1) is 11.1. The lowest BCUT2D eigenvalue weighted by Gasteiger charge is -1.92. The highest BCUT2D eigenvalue weighted by atomic mass is 16.4. The Balaban J connectivity index is 1.97. The van der Waals surface area contributed by atoms with Crippen molar-refractivity contribution in [3.05, 3.63) is 48.3 Å². The number of para-hydroxylation sites is 1. The molecule has 1 aromatic carbocycles. The van der Waals surface area contributed by atoms with Crippen molar-refractivity contribution in [2.24, 2.45) is 6.98 Å². The van der Waals surface area contributed by atoms with Crippen LogP contribution < -0.4 is 4.57 Å². The highest BCUT2D eigenvalue weighted by molar-refractivity contribution is 6.02. The first-order valence-electron chi connectivity index (χ1n) is 7.95. The molecule has 5 rings (SSSR count). The lowest BCUT2D eigenvalue weighted by atomic mass is 10.2. The summed E-state index contributed by atoms with van der Waals surface area (Å²) in [5.74, 6) is 0.668. The van der Waals surface area contributed by atoms with Crippen molar-refractivity contribution >= 4 is 22.1 Å². The number of fused-ring (bicyclic) bond motifs is 7. The van der Waals surface area contributed by atoms with Crippen molar-refractivity contribution in [2.75, 3.05) is 0 Å². The van der Waals surface area contributed by atoms with Gasteiger partial charge in [-0.2, -0.15) is 4.57 Å². The Bertz CT molecular complexity index is 1090. The number of aromatic nitrogens is 3. The monoisotopic (exact) mass is 265 g/mol. The molecule has 4 heterocycles. The Labute approximate surface area is 119 Å². The summed E-state index contributed by atoms with van der Waals surface area (Å²) in [5.41, 5.74) is 3.87. The molecule has 0 fully saturated rings. The van der Waals surface area contributed by atoms with Crippen LogP contribution >= 0.6 is 0 Å². The molecule has 0 spiro atoms. The summed E-state index contributed by atoms with van der Waals surface area (Å²) in [6, 6.07) is 9.37. The number of aryl methyl sites for hydroxylation is 1. The van der Waals surface area contributed by atoms with E-state index >= 15 is 0 Å². The second-order valence-electron chi connectivity index (χ2n) is 5.03. The highest BCUT2D eigenvalue weighted by Gasteiger charge is 2.34. The Morgan fingerprint density at radius 2 is 2.30 bits per heavy atom. The van der Waals surface area contributed by atoms with Crippen LogP contribution in [0.4, 0.5) is 0 Å². The van der Waals surface area contributed by atoms with Crippen LogP contribution in [0.1, 0.15) is 9.68 Å². The van der Waals surface area contributed by atoms with Gasteiger partial charge in [0.15, 0.2) is 0 Å². The van der Waals surface area contributed by atoms with Crippen LogP contribution in [0.3, 0.4) is 0 Å². The molecular formula is C16H12N3O+. The summed E-state index contributed by atoms with van der Waals surface area (Å²) < 4.78 is 33.2. The summed E-state index contributed by atoms with van der Waals surface area (Å²) in [5, 5.41) is 0.811. The van der Waals surface area contributed by atoms with Crippen LogP contribution in [0.25, 0.3) is 33.6 Å². The van der Waals surface area contributed by atoms with Gasteiger partial charge in [0, 0.05) is 18.0 Å². The van der Waals surface area contributed by atoms with Gasteiger partial charge in [0.05, 0.1) is 22.0 Å². The van der Waals surface area contributed by atoms with Crippen molar-refractivity contribution in [1.29, 1.82) is 0 Å². The molecule has 4 aromatic rings. The van der Waals surface area contributed by atoms with Gasteiger partial charge in [0.1, 0.15) is 12.1 Å². The van der Waals surface area contributed by atoms with Gasteiger partial charge in [0.25, 0.3) is 5.89 Å². The van der Waals surface area contributed by atoms with Crippen molar-refractivity contribution in [3.8, 4) is 11.5 Å². The number of benzene rings is 1. The summed E-state index contributed by atoms with van der Waals surface area (Å²) in [6.45, 7) is -1.69. The molecule has 0 bridgehead atoms. The Hall–Kier alpha value is -2.62. The maximum Gasteiger partial charge on any atom is 0.329 e. The summed E-state index contributed by atoms with van der Waals surface area (Å²) in [4.78, 5) is 4.15. The molecule has 1 aliphatic heterocycles. The predicted octanol–water partition coefficient (Wildman–Crippen LogP) is 2.64. The minimum Gasteiger partial charge on any atom is -0.413 e. The zero-order valence-corrected chi connectivity index (χ0v) is 10.5. The van der Waals surface area contributed by atoms with E-state index in [2.05, 4.69) is 4.98 Å². The molecule has 0 radical (unpaired) electrons. The molecule has 4 heteroatoms. The molecular weight excluding hydrogens is 250 g/mol. The standard InChI is InChI=1S/C16H12N3O/c1-18-13-5-3-2-4-11(13)14-15(18)19-9-10-6-7-17-8-12(10)16(19)20-14/h2-8H,9H2,1H3/q+1/i1D3. The molecule has 0 N–H and O–H groups in total. The molecule has 0 saturated heterocycles. The second-order valence-corrected chi connectivity index (χ2v) is 5.03. The summed E-state index contributed by atoms with van der Waals surface area (Å²) in [6.07, 6.45) is 3.50. The third-order valence-electron chi connectivity index (χ3n) is 3.97. The van der Waals surface area contributed by atoms with E-state index in [0.717, 1.165) is 16.5 Å². The minimum absolute atomic E-state index is 0.590. The molecule has 3 aromatic heterocycles. The van der Waals surface area contributed by atoms with E-state index in [1.54, 1.807) is 12.4 Å². The number of nitrogens with zero attached hydrogens (tertiary/aromatic N) is 3. The van der Waals surface area contributed by atoms with Gasteiger partial charge < -0.3 is 4.42 Å². The van der Waals surface area contributed by atoms with Crippen LogP contribution in [0.15, 0.2) is 47.1 Å². The van der Waals surface area contributed by atoms with E-state index in [1.165, 1.54) is 4.57 Å². The molecule has 1 aliphatic rings. The number of oxazole rings is 1. The number of hydrogen-bond donors (Lipinski definition) is 0. The van der Waals surface area contributed by atoms with Crippen LogP contribution in [0.2, 0.25) is 0 Å². The van der Waals surface area contributed by atoms with E-state index in [-0.39, 0.29) is 0 Å². The molecule has 96 valence electrons. The Kier molecular flexibility index (Phi) is 1.29. The van der Waals surface area contributed by atoms with Crippen LogP contribution in [-0.4, -0.2) is 9.55 Å². The average Bonchev–Trinajstić information content (AvgIpc) is 3.13. The van der Waals surface area contributed by atoms with E-state index in [4.69, 9.17) is 8.53 Å². The Morgan fingerprint density at radius 3 is 3.25 bits per heavy atom. The second kappa shape index (κ2) is 3.28. The number of hydrogen-bond acceptors (Lipinski definition) is 2. The smallest absolute Gasteiger partial charge is 0.329 e. The third kappa shape index (κ3) is 1.04. The fourth-order valence-electron chi connectivity index (χ4n) is 3.06. The van der Waals surface area contributed by atoms with Crippen molar-refractivity contribution in [3.63, 3.8) is 0 Å². The van der Waals surface area contributed by atoms with Gasteiger partial charge in [-0.3, -0.25) is 4.98 Å². The highest BCUT2D eigenvalue weighted by Crippen LogP contribution is 2.34. The fourth-order valence-corrected chi connectivity index (χ4v) is 3.06. The van der Waals surface area contributed by atoms with E-state index < -0.39 is 6.98 Å². The van der Waals surface area contributed by atoms with E-state index in [1.807, 2.05) is 34.9 Å². The molecule has 0 aliphatic carbocycles. The molecule has 4 nitrogen and oxygen atoms in total. The maximum atomic E-state index is 7.95. The van der Waals surface area contributed by atoms with E-state index in [0.29, 0.717) is 29.2 Å². The van der Waals surface area contributed by atoms with Crippen LogP contribution in [0.5, 0.6) is 0 Å². The lowest BCUT2D eigenvalue weighted by Crippen LogP contribution is -2.32. The third-order valence-corrected chi connectivity index (χ3v) is 3.97. The maximum absolute atomic E-state index is 7.95. The summed E-state index contributed by atoms with van der Waals surface area (Å²) >= 11 is 0. The molecule has 0 unspecified atom stereocenters. The number of pyridine rings is 1. The molecule has 0 amide bonds. The van der Waals surface area contributed by atoms with Crippen LogP contribution in [0, 0.1) is 0 Å². The lowest BCUT2D eigenvalue weighted by molar-refractivity contribution is -0.652.